The second-order valence-corrected chi connectivity index (χ2v) is 5.85. The third-order valence-electron chi connectivity index (χ3n) is 4.04. The fourth-order valence-electron chi connectivity index (χ4n) is 2.87. The van der Waals surface area contributed by atoms with Crippen molar-refractivity contribution in [3.63, 3.8) is 0 Å². The normalized spacial score (nSPS) is 13.9. The third-order valence-corrected chi connectivity index (χ3v) is 4.04. The minimum Gasteiger partial charge on any atom is -0.406 e. The SMILES string of the molecule is CCC1=CN(C)c2nc(C=O)nc(-c3ccc(OC(F)(F)F)cc3)c2C1. The maximum absolute atomic E-state index is 12.3. The molecular formula is C18H16F3N3O2. The Bertz CT molecular complexity index is 861. The maximum Gasteiger partial charge on any atom is 0.573 e. The van der Waals surface area contributed by atoms with Gasteiger partial charge in [-0.15, -0.1) is 13.2 Å². The van der Waals surface area contributed by atoms with E-state index in [9.17, 15) is 18.0 Å². The number of allylic oxidation sites excluding steroid dienone is 1. The van der Waals surface area contributed by atoms with Crippen molar-refractivity contribution in [2.75, 3.05) is 11.9 Å². The van der Waals surface area contributed by atoms with E-state index >= 15 is 0 Å². The number of hydrogen-bond donors (Lipinski definition) is 0. The molecule has 0 saturated carbocycles. The molecule has 0 atom stereocenters. The minimum atomic E-state index is -4.75. The van der Waals surface area contributed by atoms with Gasteiger partial charge in [0.2, 0.25) is 0 Å². The van der Waals surface area contributed by atoms with E-state index in [1.807, 2.05) is 25.1 Å². The molecule has 8 heteroatoms. The Morgan fingerprint density at radius 1 is 1.23 bits per heavy atom. The van der Waals surface area contributed by atoms with Crippen molar-refractivity contribution in [2.45, 2.75) is 26.1 Å². The van der Waals surface area contributed by atoms with Gasteiger partial charge in [-0.1, -0.05) is 6.92 Å². The Hall–Kier alpha value is -2.90. The molecule has 1 aliphatic heterocycles. The predicted octanol–water partition coefficient (Wildman–Crippen LogP) is 4.14. The second-order valence-electron chi connectivity index (χ2n) is 5.85. The molecule has 26 heavy (non-hydrogen) atoms. The molecule has 0 saturated heterocycles. The minimum absolute atomic E-state index is 0.0227. The van der Waals surface area contributed by atoms with Crippen LogP contribution in [0.5, 0.6) is 5.75 Å². The molecule has 2 heterocycles. The highest BCUT2D eigenvalue weighted by Crippen LogP contribution is 2.35. The fraction of sp³-hybridized carbons (Fsp3) is 0.278. The standard InChI is InChI=1S/C18H16F3N3O2/c1-3-11-8-14-16(22-15(10-25)23-17(14)24(2)9-11)12-4-6-13(7-5-12)26-18(19,20)21/h4-7,9-10H,3,8H2,1-2H3. The smallest absolute Gasteiger partial charge is 0.406 e. The van der Waals surface area contributed by atoms with Crippen molar-refractivity contribution in [3.8, 4) is 17.0 Å². The molecule has 1 aromatic heterocycles. The molecule has 0 fully saturated rings. The first kappa shape index (κ1) is 17.9. The van der Waals surface area contributed by atoms with Crippen LogP contribution in [-0.4, -0.2) is 29.7 Å². The van der Waals surface area contributed by atoms with Crippen LogP contribution in [0, 0.1) is 0 Å². The van der Waals surface area contributed by atoms with Gasteiger partial charge >= 0.3 is 6.36 Å². The van der Waals surface area contributed by atoms with Crippen LogP contribution in [-0.2, 0) is 6.42 Å². The summed E-state index contributed by atoms with van der Waals surface area (Å²) in [7, 11) is 1.83. The van der Waals surface area contributed by atoms with E-state index in [1.54, 1.807) is 0 Å². The average Bonchev–Trinajstić information content (AvgIpc) is 2.60. The number of carbonyl (C=O) groups excluding carboxylic acids is 1. The van der Waals surface area contributed by atoms with Gasteiger partial charge in [-0.2, -0.15) is 0 Å². The van der Waals surface area contributed by atoms with Crippen molar-refractivity contribution in [2.24, 2.45) is 0 Å². The topological polar surface area (TPSA) is 55.3 Å². The molecule has 0 radical (unpaired) electrons. The summed E-state index contributed by atoms with van der Waals surface area (Å²) in [6.07, 6.45) is -0.766. The van der Waals surface area contributed by atoms with Crippen molar-refractivity contribution < 1.29 is 22.7 Å². The number of aldehydes is 1. The summed E-state index contributed by atoms with van der Waals surface area (Å²) >= 11 is 0. The zero-order chi connectivity index (χ0) is 18.9. The monoisotopic (exact) mass is 363 g/mol. The summed E-state index contributed by atoms with van der Waals surface area (Å²) in [5.74, 6) is 0.325. The molecule has 2 aromatic rings. The van der Waals surface area contributed by atoms with Crippen LogP contribution in [0.1, 0.15) is 29.5 Å². The number of rotatable bonds is 4. The van der Waals surface area contributed by atoms with Gasteiger partial charge in [0.1, 0.15) is 11.6 Å². The molecule has 1 aromatic carbocycles. The first-order valence-electron chi connectivity index (χ1n) is 7.95. The Labute approximate surface area is 148 Å². The Morgan fingerprint density at radius 3 is 2.50 bits per heavy atom. The van der Waals surface area contributed by atoms with Crippen LogP contribution in [0.4, 0.5) is 19.0 Å². The number of benzene rings is 1. The summed E-state index contributed by atoms with van der Waals surface area (Å²) in [5, 5.41) is 0. The molecule has 3 rings (SSSR count). The Kier molecular flexibility index (Phi) is 4.67. The lowest BCUT2D eigenvalue weighted by atomic mass is 9.96. The lowest BCUT2D eigenvalue weighted by Gasteiger charge is -2.26. The van der Waals surface area contributed by atoms with Gasteiger partial charge < -0.3 is 9.64 Å². The van der Waals surface area contributed by atoms with Gasteiger partial charge in [-0.25, -0.2) is 9.97 Å². The maximum atomic E-state index is 12.3. The van der Waals surface area contributed by atoms with Gasteiger partial charge in [0.05, 0.1) is 5.69 Å². The molecular weight excluding hydrogens is 347 g/mol. The molecule has 0 spiro atoms. The summed E-state index contributed by atoms with van der Waals surface area (Å²) < 4.78 is 40.9. The zero-order valence-electron chi connectivity index (χ0n) is 14.2. The van der Waals surface area contributed by atoms with E-state index in [0.717, 1.165) is 12.0 Å². The number of fused-ring (bicyclic) bond motifs is 1. The van der Waals surface area contributed by atoms with Crippen LogP contribution >= 0.6 is 0 Å². The van der Waals surface area contributed by atoms with E-state index in [-0.39, 0.29) is 11.6 Å². The molecule has 0 bridgehead atoms. The second kappa shape index (κ2) is 6.78. The molecule has 0 amide bonds. The van der Waals surface area contributed by atoms with Crippen LogP contribution in [0.2, 0.25) is 0 Å². The van der Waals surface area contributed by atoms with Crippen molar-refractivity contribution >= 4 is 12.1 Å². The van der Waals surface area contributed by atoms with E-state index in [4.69, 9.17) is 0 Å². The molecule has 1 aliphatic rings. The third kappa shape index (κ3) is 3.68. The largest absolute Gasteiger partial charge is 0.573 e. The lowest BCUT2D eigenvalue weighted by molar-refractivity contribution is -0.274. The number of alkyl halides is 3. The quantitative estimate of drug-likeness (QED) is 0.764. The van der Waals surface area contributed by atoms with E-state index < -0.39 is 6.36 Å². The van der Waals surface area contributed by atoms with Gasteiger partial charge in [0.15, 0.2) is 12.1 Å². The molecule has 0 unspecified atom stereocenters. The molecule has 5 nitrogen and oxygen atoms in total. The van der Waals surface area contributed by atoms with Crippen LogP contribution in [0.3, 0.4) is 0 Å². The van der Waals surface area contributed by atoms with Gasteiger partial charge in [-0.3, -0.25) is 4.79 Å². The number of nitrogens with zero attached hydrogens (tertiary/aromatic N) is 3. The van der Waals surface area contributed by atoms with Crippen molar-refractivity contribution in [1.82, 2.24) is 9.97 Å². The van der Waals surface area contributed by atoms with Crippen LogP contribution in [0.25, 0.3) is 11.3 Å². The van der Waals surface area contributed by atoms with E-state index in [1.165, 1.54) is 29.8 Å². The highest BCUT2D eigenvalue weighted by Gasteiger charge is 2.31. The van der Waals surface area contributed by atoms with Crippen LogP contribution in [0.15, 0.2) is 36.0 Å². The number of anilines is 1. The molecule has 0 N–H and O–H groups in total. The highest BCUT2D eigenvalue weighted by atomic mass is 19.4. The Balaban J connectivity index is 2.05. The predicted molar refractivity (Wildman–Crippen MR) is 90.0 cm³/mol. The summed E-state index contributed by atoms with van der Waals surface area (Å²) in [6, 6.07) is 5.42. The van der Waals surface area contributed by atoms with Gasteiger partial charge in [-0.05, 0) is 36.3 Å². The first-order chi connectivity index (χ1) is 12.3. The van der Waals surface area contributed by atoms with Gasteiger partial charge in [0, 0.05) is 30.8 Å². The fourth-order valence-corrected chi connectivity index (χ4v) is 2.87. The van der Waals surface area contributed by atoms with Crippen molar-refractivity contribution in [3.05, 3.63) is 47.4 Å². The summed E-state index contributed by atoms with van der Waals surface area (Å²) in [4.78, 5) is 21.6. The summed E-state index contributed by atoms with van der Waals surface area (Å²) in [5.41, 5.74) is 3.12. The van der Waals surface area contributed by atoms with Gasteiger partial charge in [0.25, 0.3) is 0 Å². The number of halogens is 3. The molecule has 136 valence electrons. The number of carbonyl (C=O) groups is 1. The zero-order valence-corrected chi connectivity index (χ0v) is 14.2. The lowest BCUT2D eigenvalue weighted by Crippen LogP contribution is -2.21. The number of ether oxygens (including phenoxy) is 1. The first-order valence-corrected chi connectivity index (χ1v) is 7.95. The Morgan fingerprint density at radius 2 is 1.92 bits per heavy atom. The van der Waals surface area contributed by atoms with Crippen LogP contribution < -0.4 is 9.64 Å². The number of aromatic nitrogens is 2. The number of hydrogen-bond acceptors (Lipinski definition) is 5. The van der Waals surface area contributed by atoms with E-state index in [2.05, 4.69) is 14.7 Å². The van der Waals surface area contributed by atoms with E-state index in [0.29, 0.717) is 29.8 Å². The van der Waals surface area contributed by atoms with Crippen molar-refractivity contribution in [1.29, 1.82) is 0 Å². The summed E-state index contributed by atoms with van der Waals surface area (Å²) in [6.45, 7) is 2.04. The average molecular weight is 363 g/mol. The molecule has 0 aliphatic carbocycles. The highest BCUT2D eigenvalue weighted by molar-refractivity contribution is 5.77.